The maximum absolute atomic E-state index is 12.5. The Morgan fingerprint density at radius 1 is 1.30 bits per heavy atom. The van der Waals surface area contributed by atoms with Crippen molar-refractivity contribution in [1.29, 1.82) is 0 Å². The van der Waals surface area contributed by atoms with E-state index in [1.54, 1.807) is 16.2 Å². The summed E-state index contributed by atoms with van der Waals surface area (Å²) in [6.45, 7) is 4.33. The van der Waals surface area contributed by atoms with Crippen LogP contribution in [-0.2, 0) is 6.54 Å². The monoisotopic (exact) mass is 291 g/mol. The quantitative estimate of drug-likeness (QED) is 0.850. The minimum absolute atomic E-state index is 0.00801. The van der Waals surface area contributed by atoms with E-state index in [0.717, 1.165) is 4.88 Å². The highest BCUT2D eigenvalue weighted by Crippen LogP contribution is 2.25. The Morgan fingerprint density at radius 3 is 2.65 bits per heavy atom. The van der Waals surface area contributed by atoms with Gasteiger partial charge in [0.05, 0.1) is 12.1 Å². The molecule has 0 aliphatic rings. The smallest absolute Gasteiger partial charge is 0.258 e. The molecule has 0 fully saturated rings. The van der Waals surface area contributed by atoms with E-state index < -0.39 is 0 Å². The number of aromatic hydroxyl groups is 2. The van der Waals surface area contributed by atoms with Gasteiger partial charge in [0, 0.05) is 10.9 Å². The van der Waals surface area contributed by atoms with Crippen LogP contribution in [0.1, 0.15) is 29.1 Å². The highest BCUT2D eigenvalue weighted by molar-refractivity contribution is 7.09. The first-order valence-electron chi connectivity index (χ1n) is 6.34. The van der Waals surface area contributed by atoms with Crippen LogP contribution in [0.5, 0.6) is 11.5 Å². The minimum Gasteiger partial charge on any atom is -0.508 e. The van der Waals surface area contributed by atoms with E-state index >= 15 is 0 Å². The van der Waals surface area contributed by atoms with Crippen molar-refractivity contribution in [1.82, 2.24) is 4.90 Å². The van der Waals surface area contributed by atoms with E-state index in [4.69, 9.17) is 0 Å². The molecule has 1 amide bonds. The van der Waals surface area contributed by atoms with Gasteiger partial charge in [-0.25, -0.2) is 0 Å². The van der Waals surface area contributed by atoms with Crippen LogP contribution < -0.4 is 0 Å². The third-order valence-electron chi connectivity index (χ3n) is 3.00. The third-order valence-corrected chi connectivity index (χ3v) is 3.86. The van der Waals surface area contributed by atoms with Gasteiger partial charge >= 0.3 is 0 Å². The van der Waals surface area contributed by atoms with Crippen LogP contribution in [0, 0.1) is 0 Å². The van der Waals surface area contributed by atoms with Crippen molar-refractivity contribution in [2.24, 2.45) is 0 Å². The van der Waals surface area contributed by atoms with Crippen LogP contribution in [0.4, 0.5) is 0 Å². The first-order chi connectivity index (χ1) is 9.49. The second kappa shape index (κ2) is 5.96. The number of hydrogen-bond acceptors (Lipinski definition) is 4. The van der Waals surface area contributed by atoms with Crippen LogP contribution in [0.25, 0.3) is 0 Å². The molecule has 5 heteroatoms. The summed E-state index contributed by atoms with van der Waals surface area (Å²) in [5.74, 6) is -0.447. The number of amides is 1. The van der Waals surface area contributed by atoms with Crippen LogP contribution in [0.15, 0.2) is 35.7 Å². The average Bonchev–Trinajstić information content (AvgIpc) is 2.90. The van der Waals surface area contributed by atoms with Gasteiger partial charge in [0.2, 0.25) is 0 Å². The zero-order valence-electron chi connectivity index (χ0n) is 11.4. The predicted octanol–water partition coefficient (Wildman–Crippen LogP) is 3.21. The normalized spacial score (nSPS) is 10.8. The van der Waals surface area contributed by atoms with Gasteiger partial charge in [-0.2, -0.15) is 0 Å². The van der Waals surface area contributed by atoms with E-state index in [0.29, 0.717) is 6.54 Å². The molecule has 2 rings (SSSR count). The molecule has 0 saturated carbocycles. The fraction of sp³-hybridized carbons (Fsp3) is 0.267. The molecule has 20 heavy (non-hydrogen) atoms. The average molecular weight is 291 g/mol. The van der Waals surface area contributed by atoms with Crippen LogP contribution >= 0.6 is 11.3 Å². The van der Waals surface area contributed by atoms with Crippen LogP contribution in [0.3, 0.4) is 0 Å². The van der Waals surface area contributed by atoms with Gasteiger partial charge in [-0.1, -0.05) is 6.07 Å². The molecule has 0 bridgehead atoms. The van der Waals surface area contributed by atoms with E-state index in [2.05, 4.69) is 0 Å². The fourth-order valence-electron chi connectivity index (χ4n) is 1.91. The topological polar surface area (TPSA) is 60.8 Å². The van der Waals surface area contributed by atoms with E-state index in [1.807, 2.05) is 31.4 Å². The lowest BCUT2D eigenvalue weighted by Gasteiger charge is -2.26. The lowest BCUT2D eigenvalue weighted by molar-refractivity contribution is 0.0689. The molecule has 4 nitrogen and oxygen atoms in total. The highest BCUT2D eigenvalue weighted by atomic mass is 32.1. The molecule has 0 aliphatic carbocycles. The second-order valence-corrected chi connectivity index (χ2v) is 5.84. The molecule has 0 spiro atoms. The molecular weight excluding hydrogens is 274 g/mol. The summed E-state index contributed by atoms with van der Waals surface area (Å²) in [6, 6.07) is 7.87. The van der Waals surface area contributed by atoms with E-state index in [9.17, 15) is 15.0 Å². The Bertz CT molecular complexity index is 593. The summed E-state index contributed by atoms with van der Waals surface area (Å²) in [4.78, 5) is 15.3. The number of phenolic OH excluding ortho intramolecular Hbond substituents is 2. The molecule has 1 aromatic heterocycles. The second-order valence-electron chi connectivity index (χ2n) is 4.81. The summed E-state index contributed by atoms with van der Waals surface area (Å²) in [5.41, 5.74) is 0.121. The fourth-order valence-corrected chi connectivity index (χ4v) is 2.61. The van der Waals surface area contributed by atoms with Crippen LogP contribution in [0.2, 0.25) is 0 Å². The largest absolute Gasteiger partial charge is 0.508 e. The number of hydrogen-bond donors (Lipinski definition) is 2. The molecule has 1 aromatic carbocycles. The van der Waals surface area contributed by atoms with Gasteiger partial charge in [-0.05, 0) is 43.5 Å². The minimum atomic E-state index is -0.290. The zero-order valence-corrected chi connectivity index (χ0v) is 12.2. The van der Waals surface area contributed by atoms with Crippen molar-refractivity contribution in [3.63, 3.8) is 0 Å². The summed E-state index contributed by atoms with van der Waals surface area (Å²) in [6.07, 6.45) is 0. The van der Waals surface area contributed by atoms with Gasteiger partial charge in [-0.3, -0.25) is 4.79 Å². The predicted molar refractivity (Wildman–Crippen MR) is 79.1 cm³/mol. The zero-order chi connectivity index (χ0) is 14.7. The first-order valence-corrected chi connectivity index (χ1v) is 7.22. The van der Waals surface area contributed by atoms with Gasteiger partial charge < -0.3 is 15.1 Å². The Morgan fingerprint density at radius 2 is 2.05 bits per heavy atom. The number of nitrogens with zero attached hydrogens (tertiary/aromatic N) is 1. The molecule has 0 aliphatic heterocycles. The molecule has 1 heterocycles. The van der Waals surface area contributed by atoms with Crippen LogP contribution in [-0.4, -0.2) is 27.1 Å². The number of rotatable bonds is 4. The number of carbonyl (C=O) groups excluding carboxylic acids is 1. The van der Waals surface area contributed by atoms with Gasteiger partial charge in [0.25, 0.3) is 5.91 Å². The lowest BCUT2D eigenvalue weighted by atomic mass is 10.1. The van der Waals surface area contributed by atoms with Crippen molar-refractivity contribution in [3.8, 4) is 11.5 Å². The van der Waals surface area contributed by atoms with Crippen molar-refractivity contribution in [2.75, 3.05) is 0 Å². The molecule has 0 radical (unpaired) electrons. The van der Waals surface area contributed by atoms with Gasteiger partial charge in [-0.15, -0.1) is 11.3 Å². The number of thiophene rings is 1. The summed E-state index contributed by atoms with van der Waals surface area (Å²) < 4.78 is 0. The molecule has 2 N–H and O–H groups in total. The standard InChI is InChI=1S/C15H17NO3S/c1-10(2)16(9-12-4-3-7-20-12)15(19)13-8-11(17)5-6-14(13)18/h3-8,10,17-18H,9H2,1-2H3. The summed E-state index contributed by atoms with van der Waals surface area (Å²) >= 11 is 1.58. The molecular formula is C15H17NO3S. The van der Waals surface area contributed by atoms with E-state index in [-0.39, 0.29) is 29.0 Å². The summed E-state index contributed by atoms with van der Waals surface area (Å²) in [5, 5.41) is 21.3. The Balaban J connectivity index is 2.29. The number of benzene rings is 1. The molecule has 106 valence electrons. The first kappa shape index (κ1) is 14.4. The summed E-state index contributed by atoms with van der Waals surface area (Å²) in [7, 11) is 0. The van der Waals surface area contributed by atoms with Crippen molar-refractivity contribution in [2.45, 2.75) is 26.4 Å². The molecule has 0 unspecified atom stereocenters. The molecule has 2 aromatic rings. The maximum atomic E-state index is 12.5. The van der Waals surface area contributed by atoms with Crippen molar-refractivity contribution >= 4 is 17.2 Å². The van der Waals surface area contributed by atoms with Crippen molar-refractivity contribution in [3.05, 3.63) is 46.2 Å². The Kier molecular flexibility index (Phi) is 4.29. The van der Waals surface area contributed by atoms with Gasteiger partial charge in [0.1, 0.15) is 11.5 Å². The number of carbonyl (C=O) groups is 1. The van der Waals surface area contributed by atoms with Gasteiger partial charge in [0.15, 0.2) is 0 Å². The number of phenols is 2. The van der Waals surface area contributed by atoms with E-state index in [1.165, 1.54) is 18.2 Å². The molecule has 0 saturated heterocycles. The highest BCUT2D eigenvalue weighted by Gasteiger charge is 2.22. The van der Waals surface area contributed by atoms with Crippen molar-refractivity contribution < 1.29 is 15.0 Å². The SMILES string of the molecule is CC(C)N(Cc1cccs1)C(=O)c1cc(O)ccc1O. The molecule has 0 atom stereocenters. The lowest BCUT2D eigenvalue weighted by Crippen LogP contribution is -2.36. The Hall–Kier alpha value is -2.01. The maximum Gasteiger partial charge on any atom is 0.258 e. The Labute approximate surface area is 121 Å². The third kappa shape index (κ3) is 3.11.